The summed E-state index contributed by atoms with van der Waals surface area (Å²) in [6.45, 7) is 0.198. The van der Waals surface area contributed by atoms with Crippen molar-refractivity contribution in [3.8, 4) is 17.1 Å². The zero-order valence-corrected chi connectivity index (χ0v) is 18.4. The van der Waals surface area contributed by atoms with Gasteiger partial charge >= 0.3 is 6.18 Å². The van der Waals surface area contributed by atoms with Crippen LogP contribution in [-0.4, -0.2) is 26.4 Å². The minimum atomic E-state index is -4.60. The highest BCUT2D eigenvalue weighted by atomic mass is 35.5. The number of rotatable bonds is 7. The van der Waals surface area contributed by atoms with Crippen LogP contribution >= 0.6 is 23.4 Å². The van der Waals surface area contributed by atoms with E-state index in [4.69, 9.17) is 16.0 Å². The van der Waals surface area contributed by atoms with Gasteiger partial charge in [0.2, 0.25) is 5.91 Å². The number of halogens is 4. The van der Waals surface area contributed by atoms with E-state index in [1.54, 1.807) is 36.4 Å². The minimum Gasteiger partial charge on any atom is -0.467 e. The summed E-state index contributed by atoms with van der Waals surface area (Å²) in [5, 5.41) is 11.4. The van der Waals surface area contributed by atoms with E-state index in [-0.39, 0.29) is 34.9 Å². The van der Waals surface area contributed by atoms with Gasteiger partial charge in [0.15, 0.2) is 11.0 Å². The summed E-state index contributed by atoms with van der Waals surface area (Å²) >= 11 is 7.05. The molecule has 0 aliphatic heterocycles. The van der Waals surface area contributed by atoms with Gasteiger partial charge in [-0.15, -0.1) is 10.2 Å². The summed E-state index contributed by atoms with van der Waals surface area (Å²) in [5.41, 5.74) is -0.512. The Morgan fingerprint density at radius 2 is 1.91 bits per heavy atom. The molecular weight excluding hydrogens is 477 g/mol. The topological polar surface area (TPSA) is 73.0 Å². The molecule has 4 aromatic rings. The quantitative estimate of drug-likeness (QED) is 0.340. The first kappa shape index (κ1) is 22.9. The second kappa shape index (κ2) is 9.72. The van der Waals surface area contributed by atoms with Gasteiger partial charge in [-0.3, -0.25) is 9.36 Å². The summed E-state index contributed by atoms with van der Waals surface area (Å²) in [6.07, 6.45) is -3.11. The van der Waals surface area contributed by atoms with Crippen molar-refractivity contribution < 1.29 is 22.4 Å². The Hall–Kier alpha value is -3.24. The molecule has 2 aromatic heterocycles. The number of nitrogens with zero attached hydrogens (tertiary/aromatic N) is 3. The summed E-state index contributed by atoms with van der Waals surface area (Å²) in [7, 11) is 0. The third-order valence-corrected chi connectivity index (χ3v) is 5.70. The van der Waals surface area contributed by atoms with E-state index < -0.39 is 11.7 Å². The largest absolute Gasteiger partial charge is 0.467 e. The van der Waals surface area contributed by atoms with E-state index in [0.29, 0.717) is 16.3 Å². The van der Waals surface area contributed by atoms with E-state index >= 15 is 0 Å². The maximum absolute atomic E-state index is 13.8. The summed E-state index contributed by atoms with van der Waals surface area (Å²) in [4.78, 5) is 12.3. The highest BCUT2D eigenvalue weighted by molar-refractivity contribution is 7.99. The van der Waals surface area contributed by atoms with Crippen molar-refractivity contribution in [1.29, 1.82) is 0 Å². The molecule has 2 aromatic carbocycles. The lowest BCUT2D eigenvalue weighted by Gasteiger charge is -2.16. The number of hydrogen-bond acceptors (Lipinski definition) is 5. The predicted molar refractivity (Wildman–Crippen MR) is 118 cm³/mol. The molecule has 0 unspecified atom stereocenters. The molecule has 4 rings (SSSR count). The van der Waals surface area contributed by atoms with Crippen LogP contribution < -0.4 is 5.32 Å². The molecule has 0 radical (unpaired) electrons. The lowest BCUT2D eigenvalue weighted by atomic mass is 10.1. The lowest BCUT2D eigenvalue weighted by Crippen LogP contribution is -2.24. The van der Waals surface area contributed by atoms with Crippen LogP contribution in [0.15, 0.2) is 76.5 Å². The molecule has 1 N–H and O–H groups in total. The zero-order chi connectivity index (χ0) is 23.4. The Kier molecular flexibility index (Phi) is 6.75. The Balaban J connectivity index is 1.68. The normalized spacial score (nSPS) is 11.5. The summed E-state index contributed by atoms with van der Waals surface area (Å²) in [5.74, 6) is 0.341. The second-order valence-electron chi connectivity index (χ2n) is 6.81. The molecule has 2 heterocycles. The summed E-state index contributed by atoms with van der Waals surface area (Å²) < 4.78 is 47.7. The Bertz CT molecular complexity index is 1260. The molecule has 33 heavy (non-hydrogen) atoms. The van der Waals surface area contributed by atoms with Gasteiger partial charge in [-0.05, 0) is 36.4 Å². The van der Waals surface area contributed by atoms with Crippen LogP contribution in [0.4, 0.5) is 13.2 Å². The minimum absolute atomic E-state index is 0.0808. The van der Waals surface area contributed by atoms with Crippen molar-refractivity contribution in [2.24, 2.45) is 0 Å². The van der Waals surface area contributed by atoms with Gasteiger partial charge in [0.05, 0.1) is 29.8 Å². The van der Waals surface area contributed by atoms with E-state index in [1.165, 1.54) is 29.0 Å². The van der Waals surface area contributed by atoms with Crippen LogP contribution in [0.25, 0.3) is 17.1 Å². The van der Waals surface area contributed by atoms with Gasteiger partial charge in [-0.2, -0.15) is 13.2 Å². The van der Waals surface area contributed by atoms with Crippen LogP contribution in [0, 0.1) is 0 Å². The van der Waals surface area contributed by atoms with E-state index in [2.05, 4.69) is 15.5 Å². The van der Waals surface area contributed by atoms with Crippen molar-refractivity contribution in [1.82, 2.24) is 20.1 Å². The van der Waals surface area contributed by atoms with Crippen molar-refractivity contribution >= 4 is 29.3 Å². The van der Waals surface area contributed by atoms with Crippen molar-refractivity contribution in [3.05, 3.63) is 83.3 Å². The molecule has 1 amide bonds. The van der Waals surface area contributed by atoms with E-state index in [0.717, 1.165) is 17.8 Å². The molecule has 0 aliphatic rings. The average molecular weight is 493 g/mol. The third-order valence-electron chi connectivity index (χ3n) is 4.54. The van der Waals surface area contributed by atoms with Gasteiger partial charge in [-0.25, -0.2) is 0 Å². The Morgan fingerprint density at radius 1 is 1.09 bits per heavy atom. The van der Waals surface area contributed by atoms with Crippen LogP contribution in [-0.2, 0) is 17.5 Å². The number of amides is 1. The van der Waals surface area contributed by atoms with Crippen LogP contribution in [0.5, 0.6) is 0 Å². The van der Waals surface area contributed by atoms with Gasteiger partial charge < -0.3 is 9.73 Å². The fraction of sp³-hybridized carbons (Fsp3) is 0.136. The van der Waals surface area contributed by atoms with Gasteiger partial charge in [0, 0.05) is 10.6 Å². The standard InChI is InChI=1S/C22H16ClF3N4O2S/c23-15-6-3-5-14(11-15)20-28-29-21(33-13-19(31)27-12-16-7-4-10-32-16)30(20)18-9-2-1-8-17(18)22(24,25)26/h1-11H,12-13H2,(H,27,31). The molecule has 0 fully saturated rings. The third kappa shape index (κ3) is 5.40. The number of furan rings is 1. The highest BCUT2D eigenvalue weighted by Gasteiger charge is 2.35. The second-order valence-corrected chi connectivity index (χ2v) is 8.19. The molecule has 0 bridgehead atoms. The van der Waals surface area contributed by atoms with Crippen molar-refractivity contribution in [3.63, 3.8) is 0 Å². The molecule has 0 spiro atoms. The maximum Gasteiger partial charge on any atom is 0.418 e. The molecule has 170 valence electrons. The molecule has 0 aliphatic carbocycles. The fourth-order valence-corrected chi connectivity index (χ4v) is 4.05. The number of para-hydroxylation sites is 1. The fourth-order valence-electron chi connectivity index (χ4n) is 3.08. The number of carbonyl (C=O) groups excluding carboxylic acids is 1. The zero-order valence-electron chi connectivity index (χ0n) is 16.8. The van der Waals surface area contributed by atoms with E-state index in [9.17, 15) is 18.0 Å². The van der Waals surface area contributed by atoms with Gasteiger partial charge in [0.1, 0.15) is 5.76 Å². The Morgan fingerprint density at radius 3 is 2.64 bits per heavy atom. The van der Waals surface area contributed by atoms with Gasteiger partial charge in [0.25, 0.3) is 0 Å². The smallest absolute Gasteiger partial charge is 0.418 e. The first-order valence-corrected chi connectivity index (χ1v) is 11.0. The number of alkyl halides is 3. The average Bonchev–Trinajstić information content (AvgIpc) is 3.45. The van der Waals surface area contributed by atoms with Crippen LogP contribution in [0.3, 0.4) is 0 Å². The van der Waals surface area contributed by atoms with Crippen molar-refractivity contribution in [2.75, 3.05) is 5.75 Å². The first-order chi connectivity index (χ1) is 15.8. The number of thioether (sulfide) groups is 1. The van der Waals surface area contributed by atoms with Crippen molar-refractivity contribution in [2.45, 2.75) is 17.9 Å². The number of benzene rings is 2. The monoisotopic (exact) mass is 492 g/mol. The number of aromatic nitrogens is 3. The SMILES string of the molecule is O=C(CSc1nnc(-c2cccc(Cl)c2)n1-c1ccccc1C(F)(F)F)NCc1ccco1. The number of carbonyl (C=O) groups is 1. The molecule has 0 atom stereocenters. The molecule has 6 nitrogen and oxygen atoms in total. The number of nitrogens with one attached hydrogen (secondary N) is 1. The predicted octanol–water partition coefficient (Wildman–Crippen LogP) is 5.61. The molecule has 0 saturated heterocycles. The highest BCUT2D eigenvalue weighted by Crippen LogP contribution is 2.37. The van der Waals surface area contributed by atoms with Gasteiger partial charge in [-0.1, -0.05) is 47.6 Å². The van der Waals surface area contributed by atoms with E-state index in [1.807, 2.05) is 0 Å². The Labute approximate surface area is 195 Å². The lowest BCUT2D eigenvalue weighted by molar-refractivity contribution is -0.137. The molecule has 11 heteroatoms. The maximum atomic E-state index is 13.8. The van der Waals surface area contributed by atoms with Crippen LogP contribution in [0.2, 0.25) is 5.02 Å². The summed E-state index contributed by atoms with van der Waals surface area (Å²) in [6, 6.07) is 15.1. The van der Waals surface area contributed by atoms with Crippen LogP contribution in [0.1, 0.15) is 11.3 Å². The first-order valence-electron chi connectivity index (χ1n) is 9.63. The molecule has 0 saturated carbocycles. The number of hydrogen-bond donors (Lipinski definition) is 1. The molecular formula is C22H16ClF3N4O2S.